The van der Waals surface area contributed by atoms with Gasteiger partial charge in [-0.1, -0.05) is 48.5 Å². The predicted molar refractivity (Wildman–Crippen MR) is 153 cm³/mol. The number of rotatable bonds is 9. The van der Waals surface area contributed by atoms with Gasteiger partial charge in [0.25, 0.3) is 11.7 Å². The number of unbranched alkanes of at least 4 members (excludes halogenated alkanes) is 1. The van der Waals surface area contributed by atoms with Crippen LogP contribution in [-0.4, -0.2) is 21.1 Å². The highest BCUT2D eigenvalue weighted by Gasteiger charge is 2.24. The van der Waals surface area contributed by atoms with E-state index in [1.807, 2.05) is 92.0 Å². The molecule has 1 amide bonds. The number of fused-ring (bicyclic) bond motifs is 1. The third-order valence-corrected chi connectivity index (χ3v) is 6.70. The normalized spacial score (nSPS) is 11.0. The number of hydrogen-bond donors (Lipinski definition) is 1. The van der Waals surface area contributed by atoms with Gasteiger partial charge in [-0.15, -0.1) is 0 Å². The van der Waals surface area contributed by atoms with E-state index in [2.05, 4.69) is 29.4 Å². The lowest BCUT2D eigenvalue weighted by molar-refractivity contribution is -0.112. The highest BCUT2D eigenvalue weighted by Crippen LogP contribution is 2.28. The lowest BCUT2D eigenvalue weighted by Gasteiger charge is -2.09. The number of carbonyl (C=O) groups excluding carboxylic acids is 2. The molecular formula is C33H31N3O2. The molecule has 5 aromatic rings. The molecule has 5 rings (SSSR count). The maximum Gasteiger partial charge on any atom is 0.298 e. The Hall–Kier alpha value is -4.51. The molecule has 0 bridgehead atoms. The molecule has 0 atom stereocenters. The van der Waals surface area contributed by atoms with E-state index in [4.69, 9.17) is 0 Å². The molecule has 3 heterocycles. The number of aromatic nitrogens is 2. The van der Waals surface area contributed by atoms with Crippen LogP contribution in [0.2, 0.25) is 0 Å². The summed E-state index contributed by atoms with van der Waals surface area (Å²) in [6, 6.07) is 29.3. The predicted octanol–water partition coefficient (Wildman–Crippen LogP) is 7.00. The van der Waals surface area contributed by atoms with Crippen LogP contribution in [0.5, 0.6) is 0 Å². The van der Waals surface area contributed by atoms with Gasteiger partial charge in [-0.2, -0.15) is 0 Å². The molecule has 0 aliphatic heterocycles. The van der Waals surface area contributed by atoms with Gasteiger partial charge in [-0.3, -0.25) is 14.6 Å². The maximum atomic E-state index is 13.4. The summed E-state index contributed by atoms with van der Waals surface area (Å²) in [5.41, 5.74) is 8.13. The molecule has 0 unspecified atom stereocenters. The number of carbonyl (C=O) groups is 2. The number of amides is 1. The second-order valence-electron chi connectivity index (χ2n) is 9.73. The molecule has 0 aliphatic rings. The topological polar surface area (TPSA) is 63.5 Å². The zero-order valence-electron chi connectivity index (χ0n) is 21.8. The average Bonchev–Trinajstić information content (AvgIpc) is 3.31. The molecular weight excluding hydrogens is 470 g/mol. The van der Waals surface area contributed by atoms with Gasteiger partial charge < -0.3 is 9.72 Å². The molecule has 38 heavy (non-hydrogen) atoms. The van der Waals surface area contributed by atoms with Crippen molar-refractivity contribution in [1.82, 2.24) is 9.38 Å². The van der Waals surface area contributed by atoms with Gasteiger partial charge in [-0.25, -0.2) is 0 Å². The highest BCUT2D eigenvalue weighted by atomic mass is 16.2. The van der Waals surface area contributed by atoms with Crippen LogP contribution >= 0.6 is 0 Å². The number of nitrogens with one attached hydrogen (secondary N) is 1. The summed E-state index contributed by atoms with van der Waals surface area (Å²) in [6.07, 6.45) is 5.86. The Morgan fingerprint density at radius 3 is 2.32 bits per heavy atom. The second-order valence-corrected chi connectivity index (χ2v) is 9.73. The summed E-state index contributed by atoms with van der Waals surface area (Å²) >= 11 is 0. The van der Waals surface area contributed by atoms with E-state index in [0.717, 1.165) is 53.7 Å². The quantitative estimate of drug-likeness (QED) is 0.134. The Bertz CT molecular complexity index is 1560. The van der Waals surface area contributed by atoms with Gasteiger partial charge in [0.2, 0.25) is 0 Å². The van der Waals surface area contributed by atoms with E-state index >= 15 is 0 Å². The van der Waals surface area contributed by atoms with Gasteiger partial charge in [0.05, 0.1) is 0 Å². The fourth-order valence-electron chi connectivity index (χ4n) is 4.93. The van der Waals surface area contributed by atoms with Crippen LogP contribution in [0.3, 0.4) is 0 Å². The number of Topliss-reactive ketones (excluding diaryl/α,β-unsaturated/α-hetero) is 1. The van der Waals surface area contributed by atoms with Crippen molar-refractivity contribution in [1.29, 1.82) is 0 Å². The molecule has 0 spiro atoms. The molecule has 0 saturated carbocycles. The minimum absolute atomic E-state index is 0.360. The van der Waals surface area contributed by atoms with Gasteiger partial charge in [0.1, 0.15) is 5.69 Å². The van der Waals surface area contributed by atoms with Crippen molar-refractivity contribution in [2.24, 2.45) is 0 Å². The first-order chi connectivity index (χ1) is 18.5. The number of benzene rings is 2. The minimum Gasteiger partial charge on any atom is -0.319 e. The molecule has 190 valence electrons. The number of hydrogen-bond acceptors (Lipinski definition) is 3. The van der Waals surface area contributed by atoms with Crippen LogP contribution in [0.4, 0.5) is 5.69 Å². The van der Waals surface area contributed by atoms with E-state index in [-0.39, 0.29) is 0 Å². The van der Waals surface area contributed by atoms with Crippen molar-refractivity contribution in [3.8, 4) is 11.1 Å². The van der Waals surface area contributed by atoms with Crippen LogP contribution in [0.1, 0.15) is 45.8 Å². The molecule has 0 aliphatic carbocycles. The van der Waals surface area contributed by atoms with Crippen molar-refractivity contribution < 1.29 is 9.59 Å². The first-order valence-corrected chi connectivity index (χ1v) is 13.0. The molecule has 1 N–H and O–H groups in total. The largest absolute Gasteiger partial charge is 0.319 e. The zero-order chi connectivity index (χ0) is 26.5. The summed E-state index contributed by atoms with van der Waals surface area (Å²) in [5.74, 6) is -1.22. The summed E-state index contributed by atoms with van der Waals surface area (Å²) in [6.45, 7) is 4.14. The Balaban J connectivity index is 1.23. The molecule has 5 nitrogen and oxygen atoms in total. The van der Waals surface area contributed by atoms with Crippen molar-refractivity contribution >= 4 is 22.9 Å². The van der Waals surface area contributed by atoms with Gasteiger partial charge in [-0.05, 0) is 98.7 Å². The van der Waals surface area contributed by atoms with Crippen LogP contribution < -0.4 is 5.32 Å². The Labute approximate surface area is 223 Å². The van der Waals surface area contributed by atoms with Crippen LogP contribution in [0.25, 0.3) is 16.6 Å². The third kappa shape index (κ3) is 5.73. The number of pyridine rings is 2. The Kier molecular flexibility index (Phi) is 7.45. The summed E-state index contributed by atoms with van der Waals surface area (Å²) in [4.78, 5) is 31.0. The molecule has 0 fully saturated rings. The van der Waals surface area contributed by atoms with Crippen molar-refractivity contribution in [3.63, 3.8) is 0 Å². The third-order valence-electron chi connectivity index (χ3n) is 6.70. The summed E-state index contributed by atoms with van der Waals surface area (Å²) < 4.78 is 1.78. The standard InChI is InChI=1S/C33H31N3O2/c1-23-20-24(2)34-28(21-23)13-7-6-10-25-15-17-27(18-16-25)35-33(38)32(37)31-30(26-11-4-3-5-12-26)22-29-14-8-9-19-36(29)31/h3-5,8-9,11-12,14-22H,6-7,10,13H2,1-2H3,(H,35,38). The smallest absolute Gasteiger partial charge is 0.298 e. The highest BCUT2D eigenvalue weighted by molar-refractivity contribution is 6.47. The summed E-state index contributed by atoms with van der Waals surface area (Å²) in [7, 11) is 0. The summed E-state index contributed by atoms with van der Waals surface area (Å²) in [5, 5.41) is 2.79. The zero-order valence-corrected chi connectivity index (χ0v) is 21.8. The SMILES string of the molecule is Cc1cc(C)nc(CCCCc2ccc(NC(=O)C(=O)c3c(-c4ccccc4)cc4ccccn34)cc2)c1. The minimum atomic E-state index is -0.653. The average molecular weight is 502 g/mol. The van der Waals surface area contributed by atoms with E-state index in [1.165, 1.54) is 11.1 Å². The van der Waals surface area contributed by atoms with Crippen LogP contribution in [0.15, 0.2) is 97.2 Å². The van der Waals surface area contributed by atoms with Gasteiger partial charge >= 0.3 is 0 Å². The number of aryl methyl sites for hydroxylation is 4. The number of anilines is 1. The van der Waals surface area contributed by atoms with E-state index in [9.17, 15) is 9.59 Å². The molecule has 5 heteroatoms. The first-order valence-electron chi connectivity index (χ1n) is 13.0. The van der Waals surface area contributed by atoms with Crippen LogP contribution in [-0.2, 0) is 17.6 Å². The molecule has 0 radical (unpaired) electrons. The molecule has 0 saturated heterocycles. The van der Waals surface area contributed by atoms with E-state index in [0.29, 0.717) is 11.4 Å². The maximum absolute atomic E-state index is 13.4. The monoisotopic (exact) mass is 501 g/mol. The molecule has 3 aromatic heterocycles. The van der Waals surface area contributed by atoms with Gasteiger partial charge in [0, 0.05) is 34.4 Å². The Morgan fingerprint density at radius 2 is 1.55 bits per heavy atom. The van der Waals surface area contributed by atoms with E-state index < -0.39 is 11.7 Å². The first kappa shape index (κ1) is 25.2. The number of nitrogens with zero attached hydrogens (tertiary/aromatic N) is 2. The van der Waals surface area contributed by atoms with E-state index in [1.54, 1.807) is 4.40 Å². The fraction of sp³-hybridized carbons (Fsp3) is 0.182. The van der Waals surface area contributed by atoms with Crippen molar-refractivity contribution in [2.75, 3.05) is 5.32 Å². The van der Waals surface area contributed by atoms with Gasteiger partial charge in [0.15, 0.2) is 0 Å². The number of ketones is 1. The lowest BCUT2D eigenvalue weighted by atomic mass is 10.0. The second kappa shape index (κ2) is 11.3. The van der Waals surface area contributed by atoms with Crippen molar-refractivity contribution in [2.45, 2.75) is 39.5 Å². The van der Waals surface area contributed by atoms with Crippen molar-refractivity contribution in [3.05, 3.63) is 125 Å². The fourth-order valence-corrected chi connectivity index (χ4v) is 4.93. The van der Waals surface area contributed by atoms with Crippen LogP contribution in [0, 0.1) is 13.8 Å². The lowest BCUT2D eigenvalue weighted by Crippen LogP contribution is -2.24. The molecule has 2 aromatic carbocycles. The Morgan fingerprint density at radius 1 is 0.816 bits per heavy atom.